The number of rotatable bonds is 3. The molecule has 1 fully saturated rings. The van der Waals surface area contributed by atoms with Gasteiger partial charge in [-0.05, 0) is 49.7 Å². The molecule has 1 heterocycles. The van der Waals surface area contributed by atoms with E-state index in [0.717, 1.165) is 19.3 Å². The predicted molar refractivity (Wildman–Crippen MR) is 83.5 cm³/mol. The minimum absolute atomic E-state index is 0.120. The van der Waals surface area contributed by atoms with E-state index in [9.17, 15) is 14.7 Å². The maximum Gasteiger partial charge on any atom is 0.311 e. The van der Waals surface area contributed by atoms with Gasteiger partial charge in [0.25, 0.3) is 0 Å². The Morgan fingerprint density at radius 3 is 2.73 bits per heavy atom. The number of carbonyl (C=O) groups is 2. The summed E-state index contributed by atoms with van der Waals surface area (Å²) in [6, 6.07) is 8.46. The number of benzene rings is 1. The number of likely N-dealkylation sites (tertiary alicyclic amines) is 1. The van der Waals surface area contributed by atoms with Crippen molar-refractivity contribution in [2.24, 2.45) is 11.3 Å². The van der Waals surface area contributed by atoms with Crippen molar-refractivity contribution in [3.05, 3.63) is 35.4 Å². The van der Waals surface area contributed by atoms with Crippen LogP contribution in [0.15, 0.2) is 24.3 Å². The van der Waals surface area contributed by atoms with Crippen LogP contribution in [0.3, 0.4) is 0 Å². The molecule has 1 amide bonds. The number of carboxylic acids is 1. The van der Waals surface area contributed by atoms with Crippen LogP contribution in [0.2, 0.25) is 0 Å². The fourth-order valence-electron chi connectivity index (χ4n) is 3.67. The Morgan fingerprint density at radius 2 is 2.05 bits per heavy atom. The first kappa shape index (κ1) is 15.1. The predicted octanol–water partition coefficient (Wildman–Crippen LogP) is 2.50. The minimum atomic E-state index is -0.797. The average Bonchev–Trinajstić information content (AvgIpc) is 2.91. The van der Waals surface area contributed by atoms with Crippen molar-refractivity contribution in [1.29, 1.82) is 0 Å². The standard InChI is InChI=1S/C18H23NO3/c1-18(17(21)22)8-9-19(12-18)16(20)11-13-6-7-14-4-2-3-5-15(14)10-13/h2-5,13H,6-12H2,1H3,(H,21,22)/t13-,18-/m0/s1. The summed E-state index contributed by atoms with van der Waals surface area (Å²) in [5.74, 6) is -0.289. The second kappa shape index (κ2) is 5.75. The highest BCUT2D eigenvalue weighted by atomic mass is 16.4. The Kier molecular flexibility index (Phi) is 3.94. The average molecular weight is 301 g/mol. The summed E-state index contributed by atoms with van der Waals surface area (Å²) in [5.41, 5.74) is 2.00. The van der Waals surface area contributed by atoms with Gasteiger partial charge in [-0.15, -0.1) is 0 Å². The first-order chi connectivity index (χ1) is 10.5. The quantitative estimate of drug-likeness (QED) is 0.933. The van der Waals surface area contributed by atoms with Crippen LogP contribution in [0.25, 0.3) is 0 Å². The first-order valence-electron chi connectivity index (χ1n) is 8.06. The molecule has 0 aromatic heterocycles. The monoisotopic (exact) mass is 301 g/mol. The summed E-state index contributed by atoms with van der Waals surface area (Å²) >= 11 is 0. The Morgan fingerprint density at radius 1 is 1.32 bits per heavy atom. The molecule has 1 aliphatic heterocycles. The van der Waals surface area contributed by atoms with Crippen molar-refractivity contribution in [3.8, 4) is 0 Å². The van der Waals surface area contributed by atoms with E-state index >= 15 is 0 Å². The highest BCUT2D eigenvalue weighted by Crippen LogP contribution is 2.32. The normalized spacial score (nSPS) is 27.5. The van der Waals surface area contributed by atoms with Gasteiger partial charge >= 0.3 is 5.97 Å². The van der Waals surface area contributed by atoms with Gasteiger partial charge in [0.15, 0.2) is 0 Å². The lowest BCUT2D eigenvalue weighted by molar-refractivity contribution is -0.147. The van der Waals surface area contributed by atoms with Gasteiger partial charge in [-0.25, -0.2) is 0 Å². The highest BCUT2D eigenvalue weighted by molar-refractivity contribution is 5.80. The third-order valence-corrected chi connectivity index (χ3v) is 5.25. The molecule has 0 saturated carbocycles. The molecule has 3 rings (SSSR count). The van der Waals surface area contributed by atoms with Crippen molar-refractivity contribution in [1.82, 2.24) is 4.90 Å². The first-order valence-corrected chi connectivity index (χ1v) is 8.06. The molecule has 2 aliphatic rings. The third-order valence-electron chi connectivity index (χ3n) is 5.25. The number of nitrogens with zero attached hydrogens (tertiary/aromatic N) is 1. The van der Waals surface area contributed by atoms with Crippen molar-refractivity contribution in [3.63, 3.8) is 0 Å². The van der Waals surface area contributed by atoms with Crippen LogP contribution in [0, 0.1) is 11.3 Å². The highest BCUT2D eigenvalue weighted by Gasteiger charge is 2.42. The van der Waals surface area contributed by atoms with E-state index in [1.54, 1.807) is 11.8 Å². The van der Waals surface area contributed by atoms with Crippen LogP contribution in [0.1, 0.15) is 37.3 Å². The van der Waals surface area contributed by atoms with Crippen molar-refractivity contribution in [2.75, 3.05) is 13.1 Å². The molecule has 0 spiro atoms. The smallest absolute Gasteiger partial charge is 0.311 e. The maximum atomic E-state index is 12.5. The maximum absolute atomic E-state index is 12.5. The lowest BCUT2D eigenvalue weighted by Crippen LogP contribution is -2.36. The molecule has 1 aromatic rings. The van der Waals surface area contributed by atoms with Gasteiger partial charge in [-0.1, -0.05) is 24.3 Å². The fraction of sp³-hybridized carbons (Fsp3) is 0.556. The van der Waals surface area contributed by atoms with Crippen LogP contribution in [0.4, 0.5) is 0 Å². The van der Waals surface area contributed by atoms with Gasteiger partial charge in [0.1, 0.15) is 0 Å². The van der Waals surface area contributed by atoms with Gasteiger partial charge in [0.2, 0.25) is 5.91 Å². The largest absolute Gasteiger partial charge is 0.481 e. The van der Waals surface area contributed by atoms with Crippen LogP contribution >= 0.6 is 0 Å². The van der Waals surface area contributed by atoms with Crippen molar-refractivity contribution in [2.45, 2.75) is 39.0 Å². The lowest BCUT2D eigenvalue weighted by Gasteiger charge is -2.26. The van der Waals surface area contributed by atoms with Crippen LogP contribution < -0.4 is 0 Å². The van der Waals surface area contributed by atoms with E-state index in [-0.39, 0.29) is 5.91 Å². The Balaban J connectivity index is 1.59. The Bertz CT molecular complexity index is 598. The molecule has 2 atom stereocenters. The van der Waals surface area contributed by atoms with E-state index in [2.05, 4.69) is 24.3 Å². The van der Waals surface area contributed by atoms with E-state index < -0.39 is 11.4 Å². The van der Waals surface area contributed by atoms with Gasteiger partial charge in [-0.3, -0.25) is 9.59 Å². The summed E-state index contributed by atoms with van der Waals surface area (Å²) in [7, 11) is 0. The number of carbonyl (C=O) groups excluding carboxylic acids is 1. The zero-order chi connectivity index (χ0) is 15.7. The van der Waals surface area contributed by atoms with E-state index in [4.69, 9.17) is 0 Å². The molecule has 1 aliphatic carbocycles. The minimum Gasteiger partial charge on any atom is -0.481 e. The van der Waals surface area contributed by atoms with Crippen LogP contribution in [-0.4, -0.2) is 35.0 Å². The second-order valence-corrected chi connectivity index (χ2v) is 7.01. The van der Waals surface area contributed by atoms with Gasteiger partial charge < -0.3 is 10.0 Å². The number of fused-ring (bicyclic) bond motifs is 1. The molecule has 1 aromatic carbocycles. The SMILES string of the molecule is C[C@]1(C(=O)O)CCN(C(=O)C[C@H]2CCc3ccccc3C2)C1. The molecule has 1 N–H and O–H groups in total. The number of aryl methyl sites for hydroxylation is 1. The van der Waals surface area contributed by atoms with Gasteiger partial charge in [0, 0.05) is 19.5 Å². The molecule has 4 nitrogen and oxygen atoms in total. The van der Waals surface area contributed by atoms with E-state index in [1.165, 1.54) is 11.1 Å². The summed E-state index contributed by atoms with van der Waals surface area (Å²) in [4.78, 5) is 25.5. The zero-order valence-electron chi connectivity index (χ0n) is 13.0. The summed E-state index contributed by atoms with van der Waals surface area (Å²) < 4.78 is 0. The number of carboxylic acid groups (broad SMARTS) is 1. The van der Waals surface area contributed by atoms with E-state index in [0.29, 0.717) is 31.8 Å². The van der Waals surface area contributed by atoms with Crippen molar-refractivity contribution < 1.29 is 14.7 Å². The van der Waals surface area contributed by atoms with Crippen LogP contribution in [0.5, 0.6) is 0 Å². The Labute approximate surface area is 131 Å². The second-order valence-electron chi connectivity index (χ2n) is 7.01. The molecule has 0 radical (unpaired) electrons. The van der Waals surface area contributed by atoms with E-state index in [1.807, 2.05) is 0 Å². The summed E-state index contributed by atoms with van der Waals surface area (Å²) in [6.07, 6.45) is 4.16. The summed E-state index contributed by atoms with van der Waals surface area (Å²) in [6.45, 7) is 2.66. The number of hydrogen-bond acceptors (Lipinski definition) is 2. The van der Waals surface area contributed by atoms with Gasteiger partial charge in [0.05, 0.1) is 5.41 Å². The van der Waals surface area contributed by atoms with Crippen molar-refractivity contribution >= 4 is 11.9 Å². The van der Waals surface area contributed by atoms with Crippen LogP contribution in [-0.2, 0) is 22.4 Å². The molecular formula is C18H23NO3. The third kappa shape index (κ3) is 2.87. The molecular weight excluding hydrogens is 278 g/mol. The molecule has 22 heavy (non-hydrogen) atoms. The molecule has 0 bridgehead atoms. The number of aliphatic carboxylic acids is 1. The Hall–Kier alpha value is -1.84. The van der Waals surface area contributed by atoms with Gasteiger partial charge in [-0.2, -0.15) is 0 Å². The molecule has 4 heteroatoms. The molecule has 1 saturated heterocycles. The lowest BCUT2D eigenvalue weighted by atomic mass is 9.82. The molecule has 0 unspecified atom stereocenters. The number of hydrogen-bond donors (Lipinski definition) is 1. The fourth-order valence-corrected chi connectivity index (χ4v) is 3.67. The number of amides is 1. The molecule has 118 valence electrons. The zero-order valence-corrected chi connectivity index (χ0v) is 13.0. The topological polar surface area (TPSA) is 57.6 Å². The summed E-state index contributed by atoms with van der Waals surface area (Å²) in [5, 5.41) is 9.26.